The Bertz CT molecular complexity index is 579. The van der Waals surface area contributed by atoms with Gasteiger partial charge < -0.3 is 0 Å². The molecule has 78 valence electrons. The van der Waals surface area contributed by atoms with E-state index in [0.717, 1.165) is 10.8 Å². The summed E-state index contributed by atoms with van der Waals surface area (Å²) < 4.78 is 3.41. The zero-order chi connectivity index (χ0) is 11.0. The normalized spacial score (nSPS) is 14.9. The summed E-state index contributed by atoms with van der Waals surface area (Å²) in [6, 6.07) is 12.7. The molecule has 0 radical (unpaired) electrons. The number of benzene rings is 2. The van der Waals surface area contributed by atoms with E-state index in [1.807, 2.05) is 6.07 Å². The molecule has 0 bridgehead atoms. The highest BCUT2D eigenvalue weighted by molar-refractivity contribution is 8.01. The van der Waals surface area contributed by atoms with E-state index in [0.29, 0.717) is 0 Å². The van der Waals surface area contributed by atoms with Crippen LogP contribution >= 0.6 is 11.9 Å². The predicted octanol–water partition coefficient (Wildman–Crippen LogP) is 4.64. The van der Waals surface area contributed by atoms with Crippen molar-refractivity contribution in [2.75, 3.05) is 0 Å². The smallest absolute Gasteiger partial charge is 0.223 e. The summed E-state index contributed by atoms with van der Waals surface area (Å²) >= 11 is 1.24. The van der Waals surface area contributed by atoms with Gasteiger partial charge in [0.15, 0.2) is 0 Å². The van der Waals surface area contributed by atoms with Crippen LogP contribution < -0.4 is 0 Å². The Labute approximate surface area is 99.4 Å². The lowest BCUT2D eigenvalue weighted by Gasteiger charge is -2.06. The second-order valence-corrected chi connectivity index (χ2v) is 4.96. The molecule has 0 unspecified atom stereocenters. The van der Waals surface area contributed by atoms with E-state index in [1.165, 1.54) is 41.1 Å². The van der Waals surface area contributed by atoms with Gasteiger partial charge in [0.05, 0.1) is 0 Å². The van der Waals surface area contributed by atoms with Gasteiger partial charge in [-0.05, 0) is 35.8 Å². The Morgan fingerprint density at radius 2 is 1.81 bits per heavy atom. The first-order chi connectivity index (χ1) is 7.90. The maximum Gasteiger partial charge on any atom is 0.295 e. The molecule has 2 heteroatoms. The van der Waals surface area contributed by atoms with Crippen LogP contribution in [0.1, 0.15) is 24.3 Å². The molecule has 3 rings (SSSR count). The van der Waals surface area contributed by atoms with Gasteiger partial charge in [-0.15, -0.1) is 0 Å². The maximum atomic E-state index is 6.95. The minimum atomic E-state index is 0.761. The summed E-state index contributed by atoms with van der Waals surface area (Å²) in [5.41, 5.74) is 1.46. The highest BCUT2D eigenvalue weighted by atomic mass is 32.2. The third kappa shape index (κ3) is 1.58. The van der Waals surface area contributed by atoms with Gasteiger partial charge in [0.2, 0.25) is 0 Å². The van der Waals surface area contributed by atoms with Crippen molar-refractivity contribution in [2.24, 2.45) is 0 Å². The molecule has 0 N–H and O–H groups in total. The van der Waals surface area contributed by atoms with Gasteiger partial charge in [-0.1, -0.05) is 30.3 Å². The lowest BCUT2D eigenvalue weighted by molar-refractivity contribution is 1.15. The third-order valence-electron chi connectivity index (χ3n) is 3.08. The molecule has 1 aliphatic rings. The van der Waals surface area contributed by atoms with E-state index in [1.54, 1.807) is 0 Å². The van der Waals surface area contributed by atoms with Gasteiger partial charge >= 0.3 is 0 Å². The van der Waals surface area contributed by atoms with Gasteiger partial charge in [-0.2, -0.15) is 0 Å². The Morgan fingerprint density at radius 3 is 2.50 bits per heavy atom. The molecule has 1 aliphatic carbocycles. The first-order valence-electron chi connectivity index (χ1n) is 5.45. The Balaban J connectivity index is 2.25. The highest BCUT2D eigenvalue weighted by Gasteiger charge is 2.25. The van der Waals surface area contributed by atoms with Gasteiger partial charge in [0.25, 0.3) is 11.9 Å². The van der Waals surface area contributed by atoms with E-state index in [-0.39, 0.29) is 0 Å². The number of nitrogens with zero attached hydrogens (tertiary/aromatic N) is 1. The van der Waals surface area contributed by atoms with Gasteiger partial charge in [-0.3, -0.25) is 0 Å². The minimum Gasteiger partial charge on any atom is -0.223 e. The molecule has 2 aromatic carbocycles. The van der Waals surface area contributed by atoms with Gasteiger partial charge in [0, 0.05) is 5.39 Å². The van der Waals surface area contributed by atoms with Crippen molar-refractivity contribution in [3.63, 3.8) is 0 Å². The summed E-state index contributed by atoms with van der Waals surface area (Å²) in [6.45, 7) is 6.95. The van der Waals surface area contributed by atoms with E-state index >= 15 is 0 Å². The quantitative estimate of drug-likeness (QED) is 0.532. The highest BCUT2D eigenvalue weighted by Crippen LogP contribution is 2.44. The van der Waals surface area contributed by atoms with Gasteiger partial charge in [-0.25, -0.2) is 10.8 Å². The molecule has 16 heavy (non-hydrogen) atoms. The van der Waals surface area contributed by atoms with Crippen LogP contribution in [0.5, 0.6) is 0 Å². The van der Waals surface area contributed by atoms with E-state index < -0.39 is 0 Å². The molecule has 1 saturated carbocycles. The van der Waals surface area contributed by atoms with Crippen LogP contribution in [0.15, 0.2) is 41.3 Å². The molecule has 0 heterocycles. The molecule has 0 spiro atoms. The SMILES string of the molecule is [C-]#[N+]Sc1ccc(C2CC2)c2ccccc12. The second-order valence-electron chi connectivity index (χ2n) is 4.16. The molecule has 0 aromatic heterocycles. The second kappa shape index (κ2) is 3.84. The molecule has 0 amide bonds. The fraction of sp³-hybridized carbons (Fsp3) is 0.214. The zero-order valence-electron chi connectivity index (χ0n) is 8.81. The Morgan fingerprint density at radius 1 is 1.06 bits per heavy atom. The average molecular weight is 225 g/mol. The molecule has 1 nitrogen and oxygen atoms in total. The van der Waals surface area contributed by atoms with Crippen LogP contribution in [0.2, 0.25) is 0 Å². The fourth-order valence-electron chi connectivity index (χ4n) is 2.17. The Hall–Kier alpha value is -1.46. The van der Waals surface area contributed by atoms with Crippen LogP contribution in [0, 0.1) is 6.57 Å². The van der Waals surface area contributed by atoms with Crippen LogP contribution in [0.4, 0.5) is 0 Å². The monoisotopic (exact) mass is 225 g/mol. The van der Waals surface area contributed by atoms with E-state index in [4.69, 9.17) is 6.57 Å². The topological polar surface area (TPSA) is 4.36 Å². The van der Waals surface area contributed by atoms with Crippen LogP contribution in [0.3, 0.4) is 0 Å². The number of fused-ring (bicyclic) bond motifs is 1. The standard InChI is InChI=1S/C14H11NS/c1-15-16-14-9-8-11(10-6-7-10)12-4-2-3-5-13(12)14/h2-5,8-10H,6-7H2. The molecular formula is C14H11NS. The van der Waals surface area contributed by atoms with E-state index in [2.05, 4.69) is 34.6 Å². The maximum absolute atomic E-state index is 6.95. The average Bonchev–Trinajstić information content (AvgIpc) is 3.14. The van der Waals surface area contributed by atoms with Crippen molar-refractivity contribution in [3.8, 4) is 0 Å². The number of hydrogen-bond acceptors (Lipinski definition) is 1. The lowest BCUT2D eigenvalue weighted by Crippen LogP contribution is -1.84. The summed E-state index contributed by atoms with van der Waals surface area (Å²) in [4.78, 5) is 1.08. The largest absolute Gasteiger partial charge is 0.295 e. The molecule has 1 fully saturated rings. The first kappa shape index (κ1) is 9.74. The van der Waals surface area contributed by atoms with Gasteiger partial charge in [0.1, 0.15) is 4.90 Å². The lowest BCUT2D eigenvalue weighted by atomic mass is 10.0. The fourth-order valence-corrected chi connectivity index (χ4v) is 2.68. The zero-order valence-corrected chi connectivity index (χ0v) is 9.63. The van der Waals surface area contributed by atoms with Crippen LogP contribution in [0.25, 0.3) is 15.0 Å². The van der Waals surface area contributed by atoms with Crippen LogP contribution in [-0.4, -0.2) is 0 Å². The number of rotatable bonds is 2. The van der Waals surface area contributed by atoms with Crippen LogP contribution in [-0.2, 0) is 0 Å². The summed E-state index contributed by atoms with van der Waals surface area (Å²) in [6.07, 6.45) is 2.64. The summed E-state index contributed by atoms with van der Waals surface area (Å²) in [5.74, 6) is 0.761. The van der Waals surface area contributed by atoms with Crippen molar-refractivity contribution < 1.29 is 0 Å². The van der Waals surface area contributed by atoms with Crippen molar-refractivity contribution >= 4 is 22.7 Å². The molecule has 0 atom stereocenters. The first-order valence-corrected chi connectivity index (χ1v) is 6.23. The predicted molar refractivity (Wildman–Crippen MR) is 68.4 cm³/mol. The number of hydrogen-bond donors (Lipinski definition) is 0. The van der Waals surface area contributed by atoms with Crippen molar-refractivity contribution in [1.82, 2.24) is 0 Å². The molecule has 0 aliphatic heterocycles. The van der Waals surface area contributed by atoms with Crippen molar-refractivity contribution in [3.05, 3.63) is 52.8 Å². The summed E-state index contributed by atoms with van der Waals surface area (Å²) in [5, 5.41) is 2.56. The summed E-state index contributed by atoms with van der Waals surface area (Å²) in [7, 11) is 0. The van der Waals surface area contributed by atoms with E-state index in [9.17, 15) is 0 Å². The molecular weight excluding hydrogens is 214 g/mol. The van der Waals surface area contributed by atoms with Crippen molar-refractivity contribution in [1.29, 1.82) is 0 Å². The molecule has 0 saturated heterocycles. The minimum absolute atomic E-state index is 0.761. The third-order valence-corrected chi connectivity index (χ3v) is 3.72. The molecule has 2 aromatic rings. The van der Waals surface area contributed by atoms with Crippen molar-refractivity contribution in [2.45, 2.75) is 23.7 Å². The Kier molecular flexibility index (Phi) is 2.34.